The first-order valence-electron chi connectivity index (χ1n) is 38.5. The van der Waals surface area contributed by atoms with Crippen molar-refractivity contribution in [1.29, 1.82) is 0 Å². The van der Waals surface area contributed by atoms with E-state index in [1.165, 1.54) is 51.4 Å². The third kappa shape index (κ3) is 19.4. The maximum absolute atomic E-state index is 11.2. The van der Waals surface area contributed by atoms with Crippen molar-refractivity contribution in [3.63, 3.8) is 0 Å². The van der Waals surface area contributed by atoms with E-state index in [0.29, 0.717) is 121 Å². The van der Waals surface area contributed by atoms with Gasteiger partial charge in [0.05, 0.1) is 91.9 Å². The smallest absolute Gasteiger partial charge is 0.414 e. The average Bonchev–Trinajstić information content (AvgIpc) is 1.66. The van der Waals surface area contributed by atoms with E-state index in [-0.39, 0.29) is 18.7 Å². The van der Waals surface area contributed by atoms with Crippen molar-refractivity contribution in [3.05, 3.63) is 0 Å². The van der Waals surface area contributed by atoms with Crippen molar-refractivity contribution in [2.75, 3.05) is 61.3 Å². The SMILES string of the molecule is CO[Si](CO)(CCC1CCC2OC2C1)O[Si](C)(CCC1CCC2OC2C1)O[Si](CCC1CCC2OC2C1)(OC)OC.CO[Si](CO)(CCC1CCC2OC2C1)O[Si](C)(CCC1CCC2OC2C1)O[Si](CCC1CCC2OC2C1)(OC)O[Si](CO)(CCC1CCC2CC2C1)OC. The van der Waals surface area contributed by atoms with Gasteiger partial charge in [0.25, 0.3) is 0 Å². The number of rotatable bonds is 40. The van der Waals surface area contributed by atoms with E-state index in [2.05, 4.69) is 13.1 Å². The maximum Gasteiger partial charge on any atom is 0.491 e. The predicted octanol–water partition coefficient (Wildman–Crippen LogP) is 11.4. The Morgan fingerprint density at radius 3 is 0.832 bits per heavy atom. The van der Waals surface area contributed by atoms with Crippen molar-refractivity contribution < 1.29 is 90.9 Å². The minimum Gasteiger partial charge on any atom is -0.414 e. The number of hydrogen-bond acceptors (Lipinski definition) is 20. The zero-order chi connectivity index (χ0) is 66.2. The van der Waals surface area contributed by atoms with Crippen LogP contribution in [-0.2, 0) is 75.6 Å². The molecule has 3 N–H and O–H groups in total. The van der Waals surface area contributed by atoms with Gasteiger partial charge >= 0.3 is 60.4 Å². The van der Waals surface area contributed by atoms with E-state index in [4.69, 9.17) is 75.6 Å². The Morgan fingerprint density at radius 2 is 0.537 bits per heavy atom. The Morgan fingerprint density at radius 1 is 0.263 bits per heavy atom. The maximum atomic E-state index is 11.2. The molecule has 0 radical (unpaired) electrons. The fourth-order valence-corrected chi connectivity index (χ4v) is 50.3. The van der Waals surface area contributed by atoms with Crippen molar-refractivity contribution in [2.45, 2.75) is 315 Å². The quantitative estimate of drug-likeness (QED) is 0.0382. The summed E-state index contributed by atoms with van der Waals surface area (Å²) in [5.41, 5.74) is 0. The van der Waals surface area contributed by atoms with Crippen LogP contribution in [0.15, 0.2) is 0 Å². The Kier molecular flexibility index (Phi) is 24.8. The number of ether oxygens (including phenoxy) is 6. The molecule has 0 spiro atoms. The van der Waals surface area contributed by atoms with Crippen LogP contribution < -0.4 is 0 Å². The van der Waals surface area contributed by atoms with Gasteiger partial charge in [-0.15, -0.1) is 0 Å². The second kappa shape index (κ2) is 31.8. The fourth-order valence-electron chi connectivity index (χ4n) is 19.5. The van der Waals surface area contributed by atoms with Crippen molar-refractivity contribution in [2.24, 2.45) is 53.3 Å². The summed E-state index contributed by atoms with van der Waals surface area (Å²) in [6.45, 7) is 4.36. The van der Waals surface area contributed by atoms with Gasteiger partial charge in [-0.05, 0) is 276 Å². The molecule has 8 aliphatic carbocycles. The van der Waals surface area contributed by atoms with E-state index in [1.54, 1.807) is 42.7 Å². The zero-order valence-electron chi connectivity index (χ0n) is 59.5. The lowest BCUT2D eigenvalue weighted by molar-refractivity contribution is 0.127. The molecule has 14 rings (SSSR count). The van der Waals surface area contributed by atoms with Crippen LogP contribution in [0.3, 0.4) is 0 Å². The molecule has 0 aromatic rings. The zero-order valence-corrected chi connectivity index (χ0v) is 66.5. The molecule has 546 valence electrons. The van der Waals surface area contributed by atoms with Crippen LogP contribution >= 0.6 is 0 Å². The molecule has 6 saturated heterocycles. The molecule has 14 fully saturated rings. The second-order valence-corrected chi connectivity index (χ2v) is 56.8. The van der Waals surface area contributed by atoms with Gasteiger partial charge in [-0.3, -0.25) is 0 Å². The largest absolute Gasteiger partial charge is 0.491 e. The topological polar surface area (TPSA) is 237 Å². The number of epoxide rings is 6. The molecule has 0 amide bonds. The summed E-state index contributed by atoms with van der Waals surface area (Å²) in [6.07, 6.45) is 38.0. The Hall–Kier alpha value is 0.718. The highest BCUT2D eigenvalue weighted by Crippen LogP contribution is 2.54. The summed E-state index contributed by atoms with van der Waals surface area (Å²) >= 11 is 0. The molecule has 27 unspecified atom stereocenters. The number of fused-ring (bicyclic) bond motifs is 7. The van der Waals surface area contributed by atoms with E-state index in [0.717, 1.165) is 183 Å². The molecular weight excluding hydrogens is 1330 g/mol. The van der Waals surface area contributed by atoms with Gasteiger partial charge in [-0.25, -0.2) is 0 Å². The molecular formula is C68H126O20Si7. The van der Waals surface area contributed by atoms with Gasteiger partial charge in [-0.1, -0.05) is 6.42 Å². The van der Waals surface area contributed by atoms with Crippen molar-refractivity contribution >= 4 is 60.4 Å². The van der Waals surface area contributed by atoms with Crippen LogP contribution in [0.1, 0.15) is 186 Å². The summed E-state index contributed by atoms with van der Waals surface area (Å²) < 4.78 is 110. The summed E-state index contributed by atoms with van der Waals surface area (Å²) in [5.74, 6) is 5.99. The first kappa shape index (κ1) is 74.0. The highest BCUT2D eigenvalue weighted by Gasteiger charge is 2.60. The monoisotopic (exact) mass is 1460 g/mol. The van der Waals surface area contributed by atoms with Gasteiger partial charge < -0.3 is 90.9 Å². The minimum atomic E-state index is -3.53. The van der Waals surface area contributed by atoms with Gasteiger partial charge in [0, 0.05) is 54.7 Å². The van der Waals surface area contributed by atoms with Crippen LogP contribution in [0.2, 0.25) is 55.4 Å². The molecule has 8 saturated carbocycles. The molecule has 6 heterocycles. The van der Waals surface area contributed by atoms with Crippen LogP contribution in [0, 0.1) is 53.3 Å². The van der Waals surface area contributed by atoms with Crippen LogP contribution in [0.4, 0.5) is 0 Å². The first-order valence-corrected chi connectivity index (χ1v) is 54.1. The summed E-state index contributed by atoms with van der Waals surface area (Å²) in [7, 11) is -11.4. The predicted molar refractivity (Wildman–Crippen MR) is 372 cm³/mol. The van der Waals surface area contributed by atoms with E-state index < -0.39 is 60.4 Å². The molecule has 20 nitrogen and oxygen atoms in total. The van der Waals surface area contributed by atoms with Gasteiger partial charge in [0.1, 0.15) is 0 Å². The average molecular weight is 1460 g/mol. The van der Waals surface area contributed by atoms with Crippen molar-refractivity contribution in [1.82, 2.24) is 0 Å². The third-order valence-electron chi connectivity index (χ3n) is 26.5. The lowest BCUT2D eigenvalue weighted by atomic mass is 9.87. The minimum absolute atomic E-state index is 0.0646. The number of aliphatic hydroxyl groups excluding tert-OH is 3. The Bertz CT molecular complexity index is 2390. The van der Waals surface area contributed by atoms with Gasteiger partial charge in [0.2, 0.25) is 0 Å². The normalized spacial score (nSPS) is 41.4. The molecule has 0 aromatic carbocycles. The Labute approximate surface area is 577 Å². The molecule has 0 aromatic heterocycles. The highest BCUT2D eigenvalue weighted by molar-refractivity contribution is 6.88. The summed E-state index contributed by atoms with van der Waals surface area (Å²) in [4.78, 5) is 0. The first-order chi connectivity index (χ1) is 45.9. The van der Waals surface area contributed by atoms with Crippen molar-refractivity contribution in [3.8, 4) is 0 Å². The molecule has 27 atom stereocenters. The standard InChI is InChI=1S/C39H72O11Si4.C29H54O9Si3/c1-42-52(26-40,18-15-30-7-11-35-38(23-30)46-35)48-51(4,17-13-29-6-10-34-37(22-29)45-34)49-54(44-3,20-16-31-8-12-36-39(24-31)47-36)50-53(27-41,43-2)19-14-28-5-9-32-25-33(32)21-28;1-31-40(20-30,15-12-22-6-9-25-28(18-22)35-25)37-39(4,14-11-21-5-8-24-27(17-21)34-24)38-41(32-2,33-3)16-13-23-7-10-26-29(19-23)36-26/h28-41H,5-27H2,1-4H3;21-30H,5-20H2,1-4H3. The van der Waals surface area contributed by atoms with Crippen LogP contribution in [0.25, 0.3) is 0 Å². The van der Waals surface area contributed by atoms with E-state index in [1.807, 2.05) is 0 Å². The second-order valence-electron chi connectivity index (χ2n) is 33.1. The molecule has 6 aliphatic heterocycles. The fraction of sp³-hybridized carbons (Fsp3) is 1.00. The molecule has 95 heavy (non-hydrogen) atoms. The lowest BCUT2D eigenvalue weighted by Gasteiger charge is -2.45. The summed E-state index contributed by atoms with van der Waals surface area (Å²) in [5, 5.41) is 33.1. The van der Waals surface area contributed by atoms with Gasteiger partial charge in [0.15, 0.2) is 0 Å². The van der Waals surface area contributed by atoms with Crippen LogP contribution in [0.5, 0.6) is 0 Å². The van der Waals surface area contributed by atoms with E-state index in [9.17, 15) is 15.3 Å². The molecule has 0 bridgehead atoms. The number of aliphatic hydroxyl groups is 3. The number of hydrogen-bond donors (Lipinski definition) is 3. The highest BCUT2D eigenvalue weighted by atomic mass is 28.5. The summed E-state index contributed by atoms with van der Waals surface area (Å²) in [6, 6.07) is 5.26. The molecule has 14 aliphatic rings. The Balaban J connectivity index is 0.000000179. The van der Waals surface area contributed by atoms with Gasteiger partial charge in [-0.2, -0.15) is 0 Å². The molecule has 27 heteroatoms. The van der Waals surface area contributed by atoms with Crippen LogP contribution in [-0.4, -0.2) is 210 Å². The lowest BCUT2D eigenvalue weighted by Crippen LogP contribution is -2.65. The van der Waals surface area contributed by atoms with E-state index >= 15 is 0 Å². The third-order valence-corrected chi connectivity index (χ3v) is 54.5.